The van der Waals surface area contributed by atoms with Crippen molar-refractivity contribution >= 4 is 47.3 Å². The zero-order valence-corrected chi connectivity index (χ0v) is 10.8. The molecule has 0 nitrogen and oxygen atoms in total. The van der Waals surface area contributed by atoms with E-state index in [0.29, 0.717) is 0 Å². The predicted molar refractivity (Wildman–Crippen MR) is 56.3 cm³/mol. The summed E-state index contributed by atoms with van der Waals surface area (Å²) in [5.41, 5.74) is 0. The second kappa shape index (κ2) is 3.81. The van der Waals surface area contributed by atoms with Crippen LogP contribution in [0.25, 0.3) is 0 Å². The van der Waals surface area contributed by atoms with Crippen LogP contribution in [0.3, 0.4) is 0 Å². The van der Waals surface area contributed by atoms with Gasteiger partial charge in [0.2, 0.25) is 6.69 Å². The van der Waals surface area contributed by atoms with Crippen LogP contribution in [0, 0.1) is 0 Å². The molecule has 0 N–H and O–H groups in total. The molecule has 0 saturated heterocycles. The van der Waals surface area contributed by atoms with E-state index in [1.54, 1.807) is 0 Å². The van der Waals surface area contributed by atoms with Crippen LogP contribution >= 0.6 is 33.2 Å². The fraction of sp³-hybridized carbons (Fsp3) is 1.00. The molecular weight excluding hydrogens is 223 g/mol. The average molecular weight is 236 g/mol. The molecule has 0 rings (SSSR count). The predicted octanol–water partition coefficient (Wildman–Crippen LogP) is 3.98. The van der Waals surface area contributed by atoms with Gasteiger partial charge in [0.1, 0.15) is 7.38 Å². The first-order chi connectivity index (χ1) is 4.21. The van der Waals surface area contributed by atoms with Crippen molar-refractivity contribution in [3.05, 3.63) is 0 Å². The Morgan fingerprint density at radius 3 is 1.40 bits per heavy atom. The molecule has 5 heteroatoms. The summed E-state index contributed by atoms with van der Waals surface area (Å²) in [6.07, 6.45) is 0. The Labute approximate surface area is 79.0 Å². The lowest BCUT2D eigenvalue weighted by Gasteiger charge is -2.16. The third-order valence-electron chi connectivity index (χ3n) is 1.16. The lowest BCUT2D eigenvalue weighted by atomic mass is 10.9. The Kier molecular flexibility index (Phi) is 4.30. The van der Waals surface area contributed by atoms with E-state index in [-0.39, 0.29) is 0 Å². The first-order valence-electron chi connectivity index (χ1n) is 3.27. The monoisotopic (exact) mass is 234 g/mol. The molecule has 62 valence electrons. The molecule has 0 bridgehead atoms. The second-order valence-corrected chi connectivity index (χ2v) is 18.5. The summed E-state index contributed by atoms with van der Waals surface area (Å²) in [5, 5.41) is 0. The summed E-state index contributed by atoms with van der Waals surface area (Å²) in [6, 6.07) is 1.96. The average Bonchev–Trinajstić information content (AvgIpc) is 1.57. The molecule has 0 atom stereocenters. The van der Waals surface area contributed by atoms with Gasteiger partial charge in [0.05, 0.1) is 0 Å². The molecule has 0 unspecified atom stereocenters. The summed E-state index contributed by atoms with van der Waals surface area (Å²) >= 11 is 17.9. The maximum Gasteiger partial charge on any atom is 0.248 e. The van der Waals surface area contributed by atoms with Crippen LogP contribution in [-0.2, 0) is 0 Å². The fourth-order valence-corrected chi connectivity index (χ4v) is 7.20. The van der Waals surface area contributed by atoms with Crippen molar-refractivity contribution in [1.82, 2.24) is 0 Å². The molecule has 0 radical (unpaired) electrons. The van der Waals surface area contributed by atoms with Crippen molar-refractivity contribution in [2.24, 2.45) is 0 Å². The van der Waals surface area contributed by atoms with Crippen molar-refractivity contribution < 1.29 is 0 Å². The van der Waals surface area contributed by atoms with Crippen LogP contribution in [0.1, 0.15) is 0 Å². The molecule has 0 heterocycles. The zero-order chi connectivity index (χ0) is 8.41. The number of hydrogen-bond donors (Lipinski definition) is 0. The van der Waals surface area contributed by atoms with Crippen molar-refractivity contribution in [2.75, 3.05) is 0 Å². The normalized spacial score (nSPS) is 13.8. The van der Waals surface area contributed by atoms with E-state index in [2.05, 4.69) is 13.1 Å². The van der Waals surface area contributed by atoms with E-state index < -0.39 is 14.1 Å². The van der Waals surface area contributed by atoms with Gasteiger partial charge in [0, 0.05) is 0 Å². The van der Waals surface area contributed by atoms with Crippen LogP contribution in [0.5, 0.6) is 0 Å². The van der Waals surface area contributed by atoms with Gasteiger partial charge in [0.15, 0.2) is 0 Å². The third kappa shape index (κ3) is 9.30. The Morgan fingerprint density at radius 1 is 0.900 bits per heavy atom. The summed E-state index contributed by atoms with van der Waals surface area (Å²) in [6.45, 7) is 4.29. The van der Waals surface area contributed by atoms with Gasteiger partial charge in [-0.25, -0.2) is 0 Å². The van der Waals surface area contributed by atoms with E-state index in [1.165, 1.54) is 0 Å². The summed E-state index contributed by atoms with van der Waals surface area (Å²) in [4.78, 5) is 0. The third-order valence-corrected chi connectivity index (χ3v) is 5.93. The van der Waals surface area contributed by atoms with Crippen LogP contribution < -0.4 is 0 Å². The number of halogens is 3. The minimum absolute atomic E-state index is 0.929. The standard InChI is InChI=1S/C5H13Cl3Si2/c1-9(2,6)4-5-10(3,7)8/h4-5H2,1-3H3. The first-order valence-corrected chi connectivity index (χ1v) is 12.2. The van der Waals surface area contributed by atoms with E-state index in [4.69, 9.17) is 33.2 Å². The lowest BCUT2D eigenvalue weighted by Crippen LogP contribution is -2.21. The van der Waals surface area contributed by atoms with Gasteiger partial charge in [-0.1, -0.05) is 13.1 Å². The van der Waals surface area contributed by atoms with Gasteiger partial charge in [-0.05, 0) is 18.6 Å². The van der Waals surface area contributed by atoms with Crippen LogP contribution in [0.15, 0.2) is 0 Å². The molecule has 0 aromatic rings. The highest BCUT2D eigenvalue weighted by atomic mass is 35.7. The Balaban J connectivity index is 3.56. The smallest absolute Gasteiger partial charge is 0.168 e. The molecule has 0 spiro atoms. The highest BCUT2D eigenvalue weighted by molar-refractivity contribution is 7.45. The Morgan fingerprint density at radius 2 is 1.30 bits per heavy atom. The quantitative estimate of drug-likeness (QED) is 0.513. The molecule has 0 aliphatic carbocycles. The topological polar surface area (TPSA) is 0 Å². The van der Waals surface area contributed by atoms with E-state index in [1.807, 2.05) is 6.55 Å². The fourth-order valence-electron chi connectivity index (χ4n) is 0.517. The second-order valence-electron chi connectivity index (χ2n) is 3.29. The maximum atomic E-state index is 6.08. The molecule has 10 heavy (non-hydrogen) atoms. The lowest BCUT2D eigenvalue weighted by molar-refractivity contribution is 1.35. The van der Waals surface area contributed by atoms with E-state index in [9.17, 15) is 0 Å². The van der Waals surface area contributed by atoms with Crippen LogP contribution in [0.4, 0.5) is 0 Å². The maximum absolute atomic E-state index is 6.08. The van der Waals surface area contributed by atoms with Gasteiger partial charge in [0.25, 0.3) is 0 Å². The molecule has 0 aliphatic heterocycles. The van der Waals surface area contributed by atoms with Crippen molar-refractivity contribution in [3.8, 4) is 0 Å². The molecule has 0 aliphatic rings. The molecule has 0 amide bonds. The highest BCUT2D eigenvalue weighted by Crippen LogP contribution is 2.27. The molecule has 0 saturated carbocycles. The summed E-state index contributed by atoms with van der Waals surface area (Å²) in [5.74, 6) is 0. The van der Waals surface area contributed by atoms with Gasteiger partial charge >= 0.3 is 0 Å². The van der Waals surface area contributed by atoms with Crippen molar-refractivity contribution in [2.45, 2.75) is 31.7 Å². The number of rotatable bonds is 3. The minimum Gasteiger partial charge on any atom is -0.168 e. The highest BCUT2D eigenvalue weighted by Gasteiger charge is 2.26. The minimum atomic E-state index is -1.87. The van der Waals surface area contributed by atoms with Crippen LogP contribution in [0.2, 0.25) is 31.7 Å². The molecule has 0 fully saturated rings. The zero-order valence-electron chi connectivity index (χ0n) is 6.55. The first kappa shape index (κ1) is 11.3. The van der Waals surface area contributed by atoms with Crippen molar-refractivity contribution in [3.63, 3.8) is 0 Å². The number of hydrogen-bond acceptors (Lipinski definition) is 0. The van der Waals surface area contributed by atoms with Gasteiger partial charge in [-0.15, -0.1) is 22.2 Å². The van der Waals surface area contributed by atoms with Crippen LogP contribution in [-0.4, -0.2) is 14.1 Å². The molecule has 0 aromatic carbocycles. The van der Waals surface area contributed by atoms with Crippen molar-refractivity contribution in [1.29, 1.82) is 0 Å². The van der Waals surface area contributed by atoms with E-state index >= 15 is 0 Å². The Bertz CT molecular complexity index is 88.4. The SMILES string of the molecule is C[Si](C)(Cl)CC[Si](C)(Cl)Cl. The molecular formula is C5H13Cl3Si2. The van der Waals surface area contributed by atoms with Gasteiger partial charge in [-0.3, -0.25) is 0 Å². The summed E-state index contributed by atoms with van der Waals surface area (Å²) < 4.78 is 0. The molecule has 0 aromatic heterocycles. The largest absolute Gasteiger partial charge is 0.248 e. The Hall–Kier alpha value is 1.30. The van der Waals surface area contributed by atoms with Gasteiger partial charge < -0.3 is 0 Å². The van der Waals surface area contributed by atoms with Gasteiger partial charge in [-0.2, -0.15) is 11.1 Å². The van der Waals surface area contributed by atoms with E-state index in [0.717, 1.165) is 12.1 Å². The summed E-state index contributed by atoms with van der Waals surface area (Å²) in [7, 11) is -1.43.